The van der Waals surface area contributed by atoms with Crippen molar-refractivity contribution in [3.63, 3.8) is 0 Å². The second kappa shape index (κ2) is 12.9. The first kappa shape index (κ1) is 24.6. The van der Waals surface area contributed by atoms with Gasteiger partial charge in [0, 0.05) is 59.5 Å². The lowest BCUT2D eigenvalue weighted by Gasteiger charge is -2.37. The Hall–Kier alpha value is -0.650. The summed E-state index contributed by atoms with van der Waals surface area (Å²) in [5, 5.41) is 6.67. The fourth-order valence-corrected chi connectivity index (χ4v) is 4.02. The summed E-state index contributed by atoms with van der Waals surface area (Å²) in [6.45, 7) is 9.38. The van der Waals surface area contributed by atoms with Crippen LogP contribution < -0.4 is 10.6 Å². The van der Waals surface area contributed by atoms with Crippen molar-refractivity contribution in [1.29, 1.82) is 0 Å². The fourth-order valence-electron chi connectivity index (χ4n) is 4.02. The van der Waals surface area contributed by atoms with E-state index in [1.54, 1.807) is 7.11 Å². The normalized spacial score (nSPS) is 22.3. The van der Waals surface area contributed by atoms with E-state index < -0.39 is 0 Å². The van der Waals surface area contributed by atoms with Crippen LogP contribution in [0.15, 0.2) is 4.99 Å². The Morgan fingerprint density at radius 1 is 1.03 bits per heavy atom. The molecule has 1 saturated carbocycles. The van der Waals surface area contributed by atoms with Crippen molar-refractivity contribution in [2.24, 2.45) is 10.9 Å². The van der Waals surface area contributed by atoms with E-state index in [0.717, 1.165) is 77.8 Å². The molecule has 0 aromatic rings. The lowest BCUT2D eigenvalue weighted by Crippen LogP contribution is -2.54. The van der Waals surface area contributed by atoms with Crippen LogP contribution >= 0.6 is 24.0 Å². The summed E-state index contributed by atoms with van der Waals surface area (Å²) in [6.07, 6.45) is 4.76. The number of halogens is 1. The Bertz CT molecular complexity index is 515. The zero-order chi connectivity index (χ0) is 19.8. The van der Waals surface area contributed by atoms with Crippen LogP contribution in [0, 0.1) is 5.92 Å². The summed E-state index contributed by atoms with van der Waals surface area (Å²) in [5.74, 6) is 1.89. The summed E-state index contributed by atoms with van der Waals surface area (Å²) in [4.78, 5) is 23.5. The van der Waals surface area contributed by atoms with Gasteiger partial charge < -0.3 is 25.2 Å². The number of carbonyl (C=O) groups excluding carboxylic acids is 1. The van der Waals surface area contributed by atoms with Crippen LogP contribution in [-0.4, -0.2) is 112 Å². The average Bonchev–Trinajstić information content (AvgIpc) is 3.52. The summed E-state index contributed by atoms with van der Waals surface area (Å²) < 4.78 is 5.18. The van der Waals surface area contributed by atoms with E-state index in [1.165, 1.54) is 12.8 Å². The number of amides is 1. The Labute approximate surface area is 192 Å². The molecule has 0 aromatic heterocycles. The smallest absolute Gasteiger partial charge is 0.234 e. The SMILES string of the molecule is CN=C(NCC1CCN(CCOC)CC1)N1CCN(CC(=O)NC2CC2)CC1.I. The van der Waals surface area contributed by atoms with Crippen molar-refractivity contribution in [3.05, 3.63) is 0 Å². The second-order valence-corrected chi connectivity index (χ2v) is 8.31. The van der Waals surface area contributed by atoms with Crippen molar-refractivity contribution in [1.82, 2.24) is 25.3 Å². The molecule has 3 fully saturated rings. The third-order valence-corrected chi connectivity index (χ3v) is 6.06. The number of carbonyl (C=O) groups is 1. The Morgan fingerprint density at radius 2 is 1.72 bits per heavy atom. The van der Waals surface area contributed by atoms with Gasteiger partial charge in [0.1, 0.15) is 0 Å². The number of nitrogens with zero attached hydrogens (tertiary/aromatic N) is 4. The van der Waals surface area contributed by atoms with Crippen molar-refractivity contribution in [2.75, 3.05) is 79.7 Å². The van der Waals surface area contributed by atoms with E-state index >= 15 is 0 Å². The van der Waals surface area contributed by atoms with E-state index in [2.05, 4.69) is 30.3 Å². The van der Waals surface area contributed by atoms with Crippen LogP contribution in [0.5, 0.6) is 0 Å². The lowest BCUT2D eigenvalue weighted by atomic mass is 9.97. The molecule has 1 amide bonds. The summed E-state index contributed by atoms with van der Waals surface area (Å²) in [6, 6.07) is 0.448. The van der Waals surface area contributed by atoms with Crippen LogP contribution in [0.3, 0.4) is 0 Å². The molecule has 2 heterocycles. The van der Waals surface area contributed by atoms with Crippen molar-refractivity contribution in [3.8, 4) is 0 Å². The standard InChI is InChI=1S/C20H38N6O2.HI/c1-21-20(22-15-17-5-7-24(8-6-17)13-14-28-2)26-11-9-25(10-12-26)16-19(27)23-18-3-4-18;/h17-18H,3-16H2,1-2H3,(H,21,22)(H,23,27);1H. The topological polar surface area (TPSA) is 72.4 Å². The van der Waals surface area contributed by atoms with E-state index in [4.69, 9.17) is 4.74 Å². The third-order valence-electron chi connectivity index (χ3n) is 6.06. The van der Waals surface area contributed by atoms with Gasteiger partial charge in [-0.05, 0) is 44.7 Å². The lowest BCUT2D eigenvalue weighted by molar-refractivity contribution is -0.122. The number of nitrogens with one attached hydrogen (secondary N) is 2. The number of aliphatic imine (C=N–C) groups is 1. The molecule has 3 rings (SSSR count). The number of hydrogen-bond donors (Lipinski definition) is 2. The number of ether oxygens (including phenoxy) is 1. The van der Waals surface area contributed by atoms with E-state index in [0.29, 0.717) is 18.5 Å². The molecule has 0 radical (unpaired) electrons. The van der Waals surface area contributed by atoms with Crippen LogP contribution in [0.2, 0.25) is 0 Å². The largest absolute Gasteiger partial charge is 0.383 e. The maximum Gasteiger partial charge on any atom is 0.234 e. The molecule has 168 valence electrons. The first-order valence-electron chi connectivity index (χ1n) is 10.9. The summed E-state index contributed by atoms with van der Waals surface area (Å²) in [5.41, 5.74) is 0. The number of hydrogen-bond acceptors (Lipinski definition) is 5. The molecule has 2 saturated heterocycles. The minimum atomic E-state index is 0. The maximum atomic E-state index is 12.0. The van der Waals surface area contributed by atoms with Gasteiger partial charge in [-0.2, -0.15) is 0 Å². The van der Waals surface area contributed by atoms with Crippen molar-refractivity contribution < 1.29 is 9.53 Å². The molecule has 1 aliphatic carbocycles. The predicted molar refractivity (Wildman–Crippen MR) is 127 cm³/mol. The Morgan fingerprint density at radius 3 is 2.31 bits per heavy atom. The van der Waals surface area contributed by atoms with Crippen LogP contribution in [-0.2, 0) is 9.53 Å². The maximum absolute atomic E-state index is 12.0. The number of piperidine rings is 1. The van der Waals surface area contributed by atoms with Gasteiger partial charge in [-0.25, -0.2) is 0 Å². The minimum absolute atomic E-state index is 0. The molecular formula is C20H39IN6O2. The minimum Gasteiger partial charge on any atom is -0.383 e. The highest BCUT2D eigenvalue weighted by Crippen LogP contribution is 2.18. The van der Waals surface area contributed by atoms with Gasteiger partial charge in [0.05, 0.1) is 13.2 Å². The molecule has 29 heavy (non-hydrogen) atoms. The highest BCUT2D eigenvalue weighted by molar-refractivity contribution is 14.0. The molecule has 2 N–H and O–H groups in total. The fraction of sp³-hybridized carbons (Fsp3) is 0.900. The molecule has 0 bridgehead atoms. The number of guanidine groups is 1. The van der Waals surface area contributed by atoms with Crippen molar-refractivity contribution >= 4 is 35.8 Å². The van der Waals surface area contributed by atoms with Crippen molar-refractivity contribution in [2.45, 2.75) is 31.7 Å². The molecule has 0 unspecified atom stereocenters. The zero-order valence-electron chi connectivity index (χ0n) is 18.1. The molecule has 9 heteroatoms. The second-order valence-electron chi connectivity index (χ2n) is 8.31. The number of piperazine rings is 1. The highest BCUT2D eigenvalue weighted by atomic mass is 127. The van der Waals surface area contributed by atoms with Gasteiger partial charge in [0.2, 0.25) is 5.91 Å². The van der Waals surface area contributed by atoms with Crippen LogP contribution in [0.25, 0.3) is 0 Å². The molecule has 0 atom stereocenters. The summed E-state index contributed by atoms with van der Waals surface area (Å²) in [7, 11) is 3.64. The van der Waals surface area contributed by atoms with Gasteiger partial charge in [-0.3, -0.25) is 14.7 Å². The van der Waals surface area contributed by atoms with Gasteiger partial charge in [-0.15, -0.1) is 24.0 Å². The van der Waals surface area contributed by atoms with E-state index in [1.807, 2.05) is 7.05 Å². The monoisotopic (exact) mass is 522 g/mol. The Kier molecular flexibility index (Phi) is 11.0. The highest BCUT2D eigenvalue weighted by Gasteiger charge is 2.26. The van der Waals surface area contributed by atoms with E-state index in [-0.39, 0.29) is 29.9 Å². The van der Waals surface area contributed by atoms with Crippen LogP contribution in [0.4, 0.5) is 0 Å². The number of rotatable bonds is 8. The molecule has 8 nitrogen and oxygen atoms in total. The van der Waals surface area contributed by atoms with Gasteiger partial charge in [0.15, 0.2) is 5.96 Å². The molecule has 2 aliphatic heterocycles. The molecular weight excluding hydrogens is 483 g/mol. The number of likely N-dealkylation sites (tertiary alicyclic amines) is 1. The molecule has 0 spiro atoms. The summed E-state index contributed by atoms with van der Waals surface area (Å²) >= 11 is 0. The van der Waals surface area contributed by atoms with Crippen LogP contribution in [0.1, 0.15) is 25.7 Å². The van der Waals surface area contributed by atoms with Gasteiger partial charge in [-0.1, -0.05) is 0 Å². The molecule has 0 aromatic carbocycles. The van der Waals surface area contributed by atoms with E-state index in [9.17, 15) is 4.79 Å². The zero-order valence-corrected chi connectivity index (χ0v) is 20.4. The quantitative estimate of drug-likeness (QED) is 0.274. The van der Waals surface area contributed by atoms with Gasteiger partial charge in [0.25, 0.3) is 0 Å². The van der Waals surface area contributed by atoms with Gasteiger partial charge >= 0.3 is 0 Å². The average molecular weight is 522 g/mol. The first-order valence-corrected chi connectivity index (χ1v) is 10.9. The third kappa shape index (κ3) is 8.55. The number of methoxy groups -OCH3 is 1. The predicted octanol–water partition coefficient (Wildman–Crippen LogP) is 0.434. The Balaban J connectivity index is 0.00000300. The first-order chi connectivity index (χ1) is 13.7. The molecule has 3 aliphatic rings.